The predicted molar refractivity (Wildman–Crippen MR) is 132 cm³/mol. The van der Waals surface area contributed by atoms with Crippen molar-refractivity contribution in [2.75, 3.05) is 11.1 Å². The zero-order chi connectivity index (χ0) is 24.2. The number of carbonyl (C=O) groups excluding carboxylic acids is 1. The first kappa shape index (κ1) is 24.2. The predicted octanol–water partition coefficient (Wildman–Crippen LogP) is 5.38. The number of allylic oxidation sites excluding steroid dienone is 1. The highest BCUT2D eigenvalue weighted by Crippen LogP contribution is 2.29. The number of thioether (sulfide) groups is 1. The number of anilines is 1. The molecule has 9 heteroatoms. The first-order chi connectivity index (χ1) is 15.6. The van der Waals surface area contributed by atoms with E-state index in [2.05, 4.69) is 55.0 Å². The van der Waals surface area contributed by atoms with Gasteiger partial charge in [0.05, 0.1) is 10.7 Å². The van der Waals surface area contributed by atoms with Gasteiger partial charge in [-0.25, -0.2) is 0 Å². The van der Waals surface area contributed by atoms with Crippen LogP contribution in [0.2, 0.25) is 0 Å². The van der Waals surface area contributed by atoms with E-state index in [0.717, 1.165) is 11.1 Å². The summed E-state index contributed by atoms with van der Waals surface area (Å²) in [7, 11) is 0. The van der Waals surface area contributed by atoms with Crippen LogP contribution in [0.15, 0.2) is 60.3 Å². The average molecular weight is 466 g/mol. The van der Waals surface area contributed by atoms with Crippen molar-refractivity contribution in [1.29, 1.82) is 0 Å². The number of carbonyl (C=O) groups is 1. The van der Waals surface area contributed by atoms with Crippen LogP contribution in [0.1, 0.15) is 31.9 Å². The summed E-state index contributed by atoms with van der Waals surface area (Å²) in [6, 6.07) is 12.9. The maximum atomic E-state index is 12.5. The third kappa shape index (κ3) is 5.87. The highest BCUT2D eigenvalue weighted by atomic mass is 32.2. The van der Waals surface area contributed by atoms with Crippen LogP contribution in [0.25, 0.3) is 11.4 Å². The van der Waals surface area contributed by atoms with Crippen molar-refractivity contribution < 1.29 is 9.72 Å². The molecule has 8 nitrogen and oxygen atoms in total. The molecule has 0 aliphatic heterocycles. The van der Waals surface area contributed by atoms with E-state index in [0.29, 0.717) is 17.5 Å². The Morgan fingerprint density at radius 3 is 2.52 bits per heavy atom. The number of nitrogens with one attached hydrogen (secondary N) is 1. The molecule has 0 atom stereocenters. The van der Waals surface area contributed by atoms with E-state index in [9.17, 15) is 14.9 Å². The Morgan fingerprint density at radius 2 is 1.91 bits per heavy atom. The smallest absolute Gasteiger partial charge is 0.293 e. The van der Waals surface area contributed by atoms with Crippen molar-refractivity contribution in [3.8, 4) is 11.4 Å². The maximum Gasteiger partial charge on any atom is 0.293 e. The number of amides is 1. The molecule has 3 aromatic rings. The van der Waals surface area contributed by atoms with Crippen LogP contribution < -0.4 is 5.32 Å². The number of rotatable bonds is 8. The molecule has 1 N–H and O–H groups in total. The van der Waals surface area contributed by atoms with E-state index < -0.39 is 4.92 Å². The van der Waals surface area contributed by atoms with Gasteiger partial charge in [-0.1, -0.05) is 68.9 Å². The van der Waals surface area contributed by atoms with Crippen molar-refractivity contribution in [2.24, 2.45) is 0 Å². The van der Waals surface area contributed by atoms with E-state index in [4.69, 9.17) is 0 Å². The van der Waals surface area contributed by atoms with Gasteiger partial charge in [0, 0.05) is 18.2 Å². The second-order valence-corrected chi connectivity index (χ2v) is 9.59. The van der Waals surface area contributed by atoms with Crippen LogP contribution in [0, 0.1) is 17.0 Å². The van der Waals surface area contributed by atoms with Crippen LogP contribution in [0.5, 0.6) is 0 Å². The normalized spacial score (nSPS) is 11.3. The highest BCUT2D eigenvalue weighted by Gasteiger charge is 2.19. The Hall–Kier alpha value is -3.46. The standard InChI is InChI=1S/C24H27N5O3S/c1-6-13-28-22(17-8-10-18(11-9-17)24(3,4)5)26-27-23(28)33-15-21(30)25-19-12-7-16(2)14-20(19)29(31)32/h6-12,14H,1,13,15H2,2-5H3,(H,25,30). The summed E-state index contributed by atoms with van der Waals surface area (Å²) < 4.78 is 1.89. The number of benzene rings is 2. The van der Waals surface area contributed by atoms with Gasteiger partial charge in [-0.15, -0.1) is 16.8 Å². The minimum atomic E-state index is -0.506. The Kier molecular flexibility index (Phi) is 7.33. The highest BCUT2D eigenvalue weighted by molar-refractivity contribution is 7.99. The Bertz CT molecular complexity index is 1180. The molecule has 0 radical (unpaired) electrons. The molecule has 0 saturated carbocycles. The van der Waals surface area contributed by atoms with E-state index >= 15 is 0 Å². The van der Waals surface area contributed by atoms with Gasteiger partial charge >= 0.3 is 0 Å². The fourth-order valence-electron chi connectivity index (χ4n) is 3.24. The molecule has 1 heterocycles. The summed E-state index contributed by atoms with van der Waals surface area (Å²) in [6.07, 6.45) is 1.75. The average Bonchev–Trinajstić information content (AvgIpc) is 3.15. The molecule has 1 amide bonds. The van der Waals surface area contributed by atoms with Crippen molar-refractivity contribution >= 4 is 29.0 Å². The summed E-state index contributed by atoms with van der Waals surface area (Å²) >= 11 is 1.21. The van der Waals surface area contributed by atoms with E-state index in [1.165, 1.54) is 29.5 Å². The SMILES string of the molecule is C=CCn1c(SCC(=O)Nc2ccc(C)cc2[N+](=O)[O-])nnc1-c1ccc(C(C)(C)C)cc1. The van der Waals surface area contributed by atoms with Crippen LogP contribution in [-0.4, -0.2) is 31.3 Å². The van der Waals surface area contributed by atoms with Crippen LogP contribution in [0.3, 0.4) is 0 Å². The molecule has 172 valence electrons. The number of nitro benzene ring substituents is 1. The molecule has 1 aromatic heterocycles. The molecule has 0 bridgehead atoms. The molecular weight excluding hydrogens is 438 g/mol. The maximum absolute atomic E-state index is 12.5. The molecule has 33 heavy (non-hydrogen) atoms. The van der Waals surface area contributed by atoms with Crippen LogP contribution >= 0.6 is 11.8 Å². The van der Waals surface area contributed by atoms with Gasteiger partial charge in [0.1, 0.15) is 5.69 Å². The number of hydrogen-bond acceptors (Lipinski definition) is 6. The number of nitro groups is 1. The van der Waals surface area contributed by atoms with Crippen LogP contribution in [0.4, 0.5) is 11.4 Å². The van der Waals surface area contributed by atoms with Gasteiger partial charge in [0.15, 0.2) is 11.0 Å². The molecule has 0 aliphatic carbocycles. The summed E-state index contributed by atoms with van der Waals surface area (Å²) in [6.45, 7) is 12.5. The lowest BCUT2D eigenvalue weighted by atomic mass is 9.87. The molecule has 0 unspecified atom stereocenters. The van der Waals surface area contributed by atoms with Gasteiger partial charge in [0.2, 0.25) is 5.91 Å². The third-order valence-electron chi connectivity index (χ3n) is 4.99. The largest absolute Gasteiger partial charge is 0.320 e. The summed E-state index contributed by atoms with van der Waals surface area (Å²) in [5.74, 6) is 0.354. The number of aryl methyl sites for hydroxylation is 1. The first-order valence-electron chi connectivity index (χ1n) is 10.4. The molecule has 0 fully saturated rings. The molecule has 2 aromatic carbocycles. The van der Waals surface area contributed by atoms with E-state index in [1.54, 1.807) is 19.1 Å². The lowest BCUT2D eigenvalue weighted by molar-refractivity contribution is -0.384. The molecule has 0 saturated heterocycles. The number of nitrogens with zero attached hydrogens (tertiary/aromatic N) is 4. The second-order valence-electron chi connectivity index (χ2n) is 8.65. The topological polar surface area (TPSA) is 103 Å². The molecule has 3 rings (SSSR count). The Labute approximate surface area is 197 Å². The zero-order valence-electron chi connectivity index (χ0n) is 19.2. The third-order valence-corrected chi connectivity index (χ3v) is 5.96. The fraction of sp³-hybridized carbons (Fsp3) is 0.292. The lowest BCUT2D eigenvalue weighted by Gasteiger charge is -2.19. The molecule has 0 spiro atoms. The van der Waals surface area contributed by atoms with Gasteiger partial charge in [-0.2, -0.15) is 0 Å². The van der Waals surface area contributed by atoms with Gasteiger partial charge in [-0.3, -0.25) is 19.5 Å². The van der Waals surface area contributed by atoms with Crippen LogP contribution in [-0.2, 0) is 16.8 Å². The van der Waals surface area contributed by atoms with Gasteiger partial charge < -0.3 is 5.32 Å². The number of hydrogen-bond donors (Lipinski definition) is 1. The Balaban J connectivity index is 1.76. The zero-order valence-corrected chi connectivity index (χ0v) is 20.0. The van der Waals surface area contributed by atoms with E-state index in [1.807, 2.05) is 16.7 Å². The minimum Gasteiger partial charge on any atom is -0.320 e. The summed E-state index contributed by atoms with van der Waals surface area (Å²) in [4.78, 5) is 23.3. The minimum absolute atomic E-state index is 0.0310. The van der Waals surface area contributed by atoms with Crippen molar-refractivity contribution in [2.45, 2.75) is 44.8 Å². The van der Waals surface area contributed by atoms with Crippen molar-refractivity contribution in [3.63, 3.8) is 0 Å². The quantitative estimate of drug-likeness (QED) is 0.207. The van der Waals surface area contributed by atoms with Gasteiger partial charge in [-0.05, 0) is 29.5 Å². The fourth-order valence-corrected chi connectivity index (χ4v) is 3.98. The van der Waals surface area contributed by atoms with Gasteiger partial charge in [0.25, 0.3) is 5.69 Å². The number of aromatic nitrogens is 3. The van der Waals surface area contributed by atoms with Crippen molar-refractivity contribution in [1.82, 2.24) is 14.8 Å². The summed E-state index contributed by atoms with van der Waals surface area (Å²) in [5.41, 5.74) is 2.97. The van der Waals surface area contributed by atoms with Crippen molar-refractivity contribution in [3.05, 3.63) is 76.4 Å². The monoisotopic (exact) mass is 465 g/mol. The Morgan fingerprint density at radius 1 is 1.21 bits per heavy atom. The first-order valence-corrected chi connectivity index (χ1v) is 11.4. The lowest BCUT2D eigenvalue weighted by Crippen LogP contribution is -2.15. The summed E-state index contributed by atoms with van der Waals surface area (Å²) in [5, 5.41) is 23.1. The molecular formula is C24H27N5O3S. The molecule has 0 aliphatic rings. The second kappa shape index (κ2) is 9.99. The van der Waals surface area contributed by atoms with E-state index in [-0.39, 0.29) is 28.4 Å².